The highest BCUT2D eigenvalue weighted by Gasteiger charge is 2.46. The third-order valence-electron chi connectivity index (χ3n) is 4.68. The normalized spacial score (nSPS) is 26.0. The number of methoxy groups -OCH3 is 1. The summed E-state index contributed by atoms with van der Waals surface area (Å²) in [5, 5.41) is 0. The van der Waals surface area contributed by atoms with Gasteiger partial charge in [0.05, 0.1) is 24.7 Å². The fourth-order valence-electron chi connectivity index (χ4n) is 3.35. The molecule has 0 N–H and O–H groups in total. The molecule has 0 bridgehead atoms. The number of fused-ring (bicyclic) bond motifs is 1. The first-order valence-corrected chi connectivity index (χ1v) is 9.69. The molecule has 2 fully saturated rings. The van der Waals surface area contributed by atoms with Crippen LogP contribution in [0.25, 0.3) is 0 Å². The van der Waals surface area contributed by atoms with Crippen LogP contribution in [0.3, 0.4) is 0 Å². The van der Waals surface area contributed by atoms with Gasteiger partial charge in [0.2, 0.25) is 0 Å². The standard InChI is InChI=1S/C16H22N2O5S/c1-17-6-7-18(15-11-24(20,21)10-14(15)17)16(19)9-23-13-5-3-4-12(8-13)22-2/h3-5,8,14-15H,6-7,9-11H2,1-2H3/t14-,15+/m1/s1. The highest BCUT2D eigenvalue weighted by molar-refractivity contribution is 7.91. The van der Waals surface area contributed by atoms with E-state index in [1.165, 1.54) is 0 Å². The maximum atomic E-state index is 12.5. The minimum Gasteiger partial charge on any atom is -0.497 e. The number of sulfone groups is 1. The number of hydrogen-bond donors (Lipinski definition) is 0. The number of rotatable bonds is 4. The topological polar surface area (TPSA) is 76.2 Å². The second-order valence-corrected chi connectivity index (χ2v) is 8.40. The van der Waals surface area contributed by atoms with E-state index in [1.54, 1.807) is 36.3 Å². The van der Waals surface area contributed by atoms with Gasteiger partial charge in [-0.05, 0) is 19.2 Å². The van der Waals surface area contributed by atoms with Crippen molar-refractivity contribution in [2.75, 3.05) is 45.4 Å². The van der Waals surface area contributed by atoms with E-state index in [-0.39, 0.29) is 36.1 Å². The van der Waals surface area contributed by atoms with E-state index >= 15 is 0 Å². The Morgan fingerprint density at radius 1 is 1.21 bits per heavy atom. The van der Waals surface area contributed by atoms with E-state index in [0.29, 0.717) is 24.6 Å². The first-order chi connectivity index (χ1) is 11.4. The van der Waals surface area contributed by atoms with E-state index in [1.807, 2.05) is 11.9 Å². The van der Waals surface area contributed by atoms with Crippen molar-refractivity contribution < 1.29 is 22.7 Å². The van der Waals surface area contributed by atoms with Crippen molar-refractivity contribution >= 4 is 15.7 Å². The summed E-state index contributed by atoms with van der Waals surface area (Å²) in [6, 6.07) is 6.64. The van der Waals surface area contributed by atoms with Crippen LogP contribution in [0.15, 0.2) is 24.3 Å². The zero-order valence-corrected chi connectivity index (χ0v) is 14.7. The number of carbonyl (C=O) groups excluding carboxylic acids is 1. The molecule has 2 atom stereocenters. The molecule has 2 aliphatic heterocycles. The van der Waals surface area contributed by atoms with Crippen LogP contribution in [-0.2, 0) is 14.6 Å². The van der Waals surface area contributed by atoms with E-state index in [2.05, 4.69) is 0 Å². The maximum absolute atomic E-state index is 12.5. The molecule has 0 aromatic heterocycles. The fourth-order valence-corrected chi connectivity index (χ4v) is 5.41. The number of benzene rings is 1. The van der Waals surface area contributed by atoms with Gasteiger partial charge in [-0.1, -0.05) is 6.07 Å². The summed E-state index contributed by atoms with van der Waals surface area (Å²) in [5.74, 6) is 1.17. The highest BCUT2D eigenvalue weighted by Crippen LogP contribution is 2.26. The Kier molecular flexibility index (Phi) is 4.69. The summed E-state index contributed by atoms with van der Waals surface area (Å²) >= 11 is 0. The van der Waals surface area contributed by atoms with Gasteiger partial charge in [-0.3, -0.25) is 9.69 Å². The summed E-state index contributed by atoms with van der Waals surface area (Å²) in [4.78, 5) is 16.2. The molecule has 1 aromatic rings. The molecule has 2 aliphatic rings. The Morgan fingerprint density at radius 2 is 1.92 bits per heavy atom. The number of ether oxygens (including phenoxy) is 2. The zero-order chi connectivity index (χ0) is 17.3. The monoisotopic (exact) mass is 354 g/mol. The van der Waals surface area contributed by atoms with Crippen LogP contribution in [-0.4, -0.2) is 81.6 Å². The molecule has 0 spiro atoms. The van der Waals surface area contributed by atoms with Gasteiger partial charge in [-0.15, -0.1) is 0 Å². The third kappa shape index (κ3) is 3.49. The minimum absolute atomic E-state index is 0.0346. The van der Waals surface area contributed by atoms with Gasteiger partial charge >= 0.3 is 0 Å². The average molecular weight is 354 g/mol. The summed E-state index contributed by atoms with van der Waals surface area (Å²) in [6.07, 6.45) is 0. The third-order valence-corrected chi connectivity index (χ3v) is 6.38. The fraction of sp³-hybridized carbons (Fsp3) is 0.562. The number of nitrogens with zero attached hydrogens (tertiary/aromatic N) is 2. The van der Waals surface area contributed by atoms with Crippen molar-refractivity contribution in [1.29, 1.82) is 0 Å². The Morgan fingerprint density at radius 3 is 2.67 bits per heavy atom. The second kappa shape index (κ2) is 6.60. The van der Waals surface area contributed by atoms with Crippen LogP contribution in [0.1, 0.15) is 0 Å². The van der Waals surface area contributed by atoms with E-state index in [9.17, 15) is 13.2 Å². The van der Waals surface area contributed by atoms with Crippen LogP contribution >= 0.6 is 0 Å². The lowest BCUT2D eigenvalue weighted by atomic mass is 10.1. The highest BCUT2D eigenvalue weighted by atomic mass is 32.2. The van der Waals surface area contributed by atoms with Gasteiger partial charge in [-0.2, -0.15) is 0 Å². The summed E-state index contributed by atoms with van der Waals surface area (Å²) in [5.41, 5.74) is 0. The summed E-state index contributed by atoms with van der Waals surface area (Å²) in [6.45, 7) is 1.08. The predicted molar refractivity (Wildman–Crippen MR) is 89.1 cm³/mol. The zero-order valence-electron chi connectivity index (χ0n) is 13.8. The molecule has 7 nitrogen and oxygen atoms in total. The van der Waals surface area contributed by atoms with Gasteiger partial charge in [0.15, 0.2) is 16.4 Å². The number of piperazine rings is 1. The van der Waals surface area contributed by atoms with Crippen molar-refractivity contribution in [2.45, 2.75) is 12.1 Å². The lowest BCUT2D eigenvalue weighted by molar-refractivity contribution is -0.138. The minimum atomic E-state index is -3.10. The predicted octanol–water partition coefficient (Wildman–Crippen LogP) is 0.0136. The molecular formula is C16H22N2O5S. The van der Waals surface area contributed by atoms with Crippen molar-refractivity contribution in [3.63, 3.8) is 0 Å². The Balaban J connectivity index is 1.66. The molecule has 1 amide bonds. The number of hydrogen-bond acceptors (Lipinski definition) is 6. The smallest absolute Gasteiger partial charge is 0.260 e. The molecule has 0 unspecified atom stereocenters. The van der Waals surface area contributed by atoms with E-state index in [4.69, 9.17) is 9.47 Å². The molecule has 0 radical (unpaired) electrons. The van der Waals surface area contributed by atoms with Gasteiger partial charge in [0, 0.05) is 25.2 Å². The molecule has 24 heavy (non-hydrogen) atoms. The van der Waals surface area contributed by atoms with Crippen LogP contribution in [0, 0.1) is 0 Å². The van der Waals surface area contributed by atoms with Crippen LogP contribution in [0.5, 0.6) is 11.5 Å². The quantitative estimate of drug-likeness (QED) is 0.758. The van der Waals surface area contributed by atoms with Crippen LogP contribution in [0.4, 0.5) is 0 Å². The van der Waals surface area contributed by atoms with E-state index in [0.717, 1.165) is 0 Å². The summed E-state index contributed by atoms with van der Waals surface area (Å²) < 4.78 is 34.6. The van der Waals surface area contributed by atoms with Gasteiger partial charge in [0.25, 0.3) is 5.91 Å². The number of amides is 1. The van der Waals surface area contributed by atoms with Crippen molar-refractivity contribution in [3.05, 3.63) is 24.3 Å². The Bertz CT molecular complexity index is 721. The molecule has 0 aliphatic carbocycles. The molecule has 2 saturated heterocycles. The number of carbonyl (C=O) groups is 1. The molecule has 3 rings (SSSR count). The van der Waals surface area contributed by atoms with Crippen molar-refractivity contribution in [1.82, 2.24) is 9.80 Å². The van der Waals surface area contributed by atoms with Gasteiger partial charge in [-0.25, -0.2) is 8.42 Å². The maximum Gasteiger partial charge on any atom is 0.260 e. The van der Waals surface area contributed by atoms with Crippen molar-refractivity contribution in [3.8, 4) is 11.5 Å². The first kappa shape index (κ1) is 17.0. The van der Waals surface area contributed by atoms with E-state index < -0.39 is 9.84 Å². The lowest BCUT2D eigenvalue weighted by Gasteiger charge is -2.42. The molecular weight excluding hydrogens is 332 g/mol. The van der Waals surface area contributed by atoms with Gasteiger partial charge < -0.3 is 14.4 Å². The molecule has 0 saturated carbocycles. The lowest BCUT2D eigenvalue weighted by Crippen LogP contribution is -2.60. The summed E-state index contributed by atoms with van der Waals surface area (Å²) in [7, 11) is 0.377. The average Bonchev–Trinajstić information content (AvgIpc) is 2.89. The Labute approximate surface area is 142 Å². The van der Waals surface area contributed by atoms with Gasteiger partial charge in [0.1, 0.15) is 11.5 Å². The SMILES string of the molecule is COc1cccc(OCC(=O)N2CCN(C)[C@@H]3CS(=O)(=O)C[C@@H]32)c1. The molecule has 2 heterocycles. The molecule has 8 heteroatoms. The Hall–Kier alpha value is -1.80. The molecule has 132 valence electrons. The van der Waals surface area contributed by atoms with Crippen LogP contribution < -0.4 is 9.47 Å². The van der Waals surface area contributed by atoms with Crippen LogP contribution in [0.2, 0.25) is 0 Å². The first-order valence-electron chi connectivity index (χ1n) is 7.86. The largest absolute Gasteiger partial charge is 0.497 e. The van der Waals surface area contributed by atoms with Crippen molar-refractivity contribution in [2.24, 2.45) is 0 Å². The molecule has 1 aromatic carbocycles. The number of likely N-dealkylation sites (N-methyl/N-ethyl adjacent to an activating group) is 1. The second-order valence-electron chi connectivity index (χ2n) is 6.25.